The molecule has 2 aromatic carbocycles. The number of rotatable bonds is 5. The van der Waals surface area contributed by atoms with Gasteiger partial charge in [-0.15, -0.1) is 23.2 Å². The fourth-order valence-corrected chi connectivity index (χ4v) is 5.83. The van der Waals surface area contributed by atoms with Crippen molar-refractivity contribution in [3.63, 3.8) is 0 Å². The summed E-state index contributed by atoms with van der Waals surface area (Å²) in [6.07, 6.45) is 3.41. The Morgan fingerprint density at radius 3 is 1.79 bits per heavy atom. The van der Waals surface area contributed by atoms with Crippen LogP contribution in [0.5, 0.6) is 0 Å². The predicted molar refractivity (Wildman–Crippen MR) is 148 cm³/mol. The molecule has 1 aliphatic rings. The third kappa shape index (κ3) is 8.07. The number of halogens is 2. The zero-order valence-corrected chi connectivity index (χ0v) is 23.3. The highest BCUT2D eigenvalue weighted by Gasteiger charge is 2.30. The molecule has 0 radical (unpaired) electrons. The number of hydrogen-bond donors (Lipinski definition) is 1. The molecule has 0 bridgehead atoms. The first-order chi connectivity index (χ1) is 18.2. The topological polar surface area (TPSA) is 123 Å². The molecule has 12 heteroatoms. The van der Waals surface area contributed by atoms with Gasteiger partial charge in [0.25, 0.3) is 0 Å². The number of alkyl halides is 2. The molecular formula is C26H26Cl2N4O4S2. The Bertz CT molecular complexity index is 1490. The quantitative estimate of drug-likeness (QED) is 0.335. The van der Waals surface area contributed by atoms with E-state index in [0.29, 0.717) is 29.7 Å². The second-order valence-electron chi connectivity index (χ2n) is 7.93. The van der Waals surface area contributed by atoms with E-state index in [1.807, 2.05) is 24.3 Å². The fraction of sp³-hybridized carbons (Fsp3) is 0.154. The van der Waals surface area contributed by atoms with Crippen LogP contribution < -0.4 is 5.14 Å². The van der Waals surface area contributed by atoms with Crippen LogP contribution in [0.2, 0.25) is 0 Å². The number of sulfonamides is 2. The molecule has 0 spiro atoms. The van der Waals surface area contributed by atoms with E-state index in [2.05, 4.69) is 9.97 Å². The Morgan fingerprint density at radius 1 is 0.711 bits per heavy atom. The Labute approximate surface area is 233 Å². The molecule has 0 aliphatic carbocycles. The number of aromatic nitrogens is 2. The standard InChI is InChI=1S/C13H12N2O2S.C7H7Cl2N.C6H7NO2S/c16-18(17,12-6-2-1-3-7-12)15-9-11-5-4-8-14-13(11)10-15;8-4-6-2-1-3-10-7(6)5-9;7-10(8,9)6-4-2-1-3-5-6/h1-8H,9-10H2;1-3H,4-5H2;1-5H,(H2,7,8,9). The summed E-state index contributed by atoms with van der Waals surface area (Å²) < 4.78 is 47.5. The lowest BCUT2D eigenvalue weighted by atomic mass is 10.2. The van der Waals surface area contributed by atoms with E-state index in [1.54, 1.807) is 60.9 Å². The summed E-state index contributed by atoms with van der Waals surface area (Å²) in [4.78, 5) is 8.74. The van der Waals surface area contributed by atoms with Gasteiger partial charge in [0.2, 0.25) is 20.0 Å². The molecule has 2 aromatic heterocycles. The number of pyridine rings is 2. The highest BCUT2D eigenvalue weighted by Crippen LogP contribution is 2.26. The zero-order valence-electron chi connectivity index (χ0n) is 20.2. The smallest absolute Gasteiger partial charge is 0.243 e. The highest BCUT2D eigenvalue weighted by molar-refractivity contribution is 7.89. The van der Waals surface area contributed by atoms with E-state index >= 15 is 0 Å². The Kier molecular flexibility index (Phi) is 10.8. The van der Waals surface area contributed by atoms with Crippen molar-refractivity contribution in [2.24, 2.45) is 5.14 Å². The minimum atomic E-state index is -3.50. The Hall–Kier alpha value is -2.86. The van der Waals surface area contributed by atoms with Gasteiger partial charge in [-0.05, 0) is 47.5 Å². The SMILES string of the molecule is ClCc1cccnc1CCl.NS(=O)(=O)c1ccccc1.O=S(=O)(c1ccccc1)N1Cc2cccnc2C1. The molecule has 2 N–H and O–H groups in total. The maximum Gasteiger partial charge on any atom is 0.243 e. The van der Waals surface area contributed by atoms with Crippen molar-refractivity contribution in [3.8, 4) is 0 Å². The largest absolute Gasteiger partial charge is 0.260 e. The minimum Gasteiger partial charge on any atom is -0.260 e. The lowest BCUT2D eigenvalue weighted by molar-refractivity contribution is 0.430. The van der Waals surface area contributed by atoms with Crippen molar-refractivity contribution in [1.29, 1.82) is 0 Å². The Morgan fingerprint density at radius 2 is 1.29 bits per heavy atom. The lowest BCUT2D eigenvalue weighted by Crippen LogP contribution is -2.25. The van der Waals surface area contributed by atoms with Gasteiger partial charge in [0.05, 0.1) is 33.6 Å². The molecule has 0 fully saturated rings. The molecule has 0 atom stereocenters. The first-order valence-corrected chi connectivity index (χ1v) is 15.3. The van der Waals surface area contributed by atoms with Crippen molar-refractivity contribution in [1.82, 2.24) is 14.3 Å². The maximum absolute atomic E-state index is 12.4. The summed E-state index contributed by atoms with van der Waals surface area (Å²) in [5, 5.41) is 4.83. The summed E-state index contributed by atoms with van der Waals surface area (Å²) in [5.41, 5.74) is 3.72. The normalized spacial score (nSPS) is 12.9. The average Bonchev–Trinajstić information content (AvgIpc) is 3.40. The van der Waals surface area contributed by atoms with Gasteiger partial charge in [-0.1, -0.05) is 48.5 Å². The van der Waals surface area contributed by atoms with Crippen LogP contribution in [0, 0.1) is 0 Å². The van der Waals surface area contributed by atoms with Gasteiger partial charge in [0, 0.05) is 24.8 Å². The van der Waals surface area contributed by atoms with Crippen LogP contribution in [0.25, 0.3) is 0 Å². The maximum atomic E-state index is 12.4. The van der Waals surface area contributed by atoms with Crippen LogP contribution >= 0.6 is 23.2 Å². The van der Waals surface area contributed by atoms with Crippen LogP contribution in [0.4, 0.5) is 0 Å². The number of hydrogen-bond acceptors (Lipinski definition) is 6. The summed E-state index contributed by atoms with van der Waals surface area (Å²) >= 11 is 11.2. The zero-order chi connectivity index (χ0) is 27.6. The number of nitrogens with two attached hydrogens (primary N) is 1. The van der Waals surface area contributed by atoms with E-state index in [0.717, 1.165) is 22.5 Å². The highest BCUT2D eigenvalue weighted by atomic mass is 35.5. The molecule has 1 aliphatic heterocycles. The van der Waals surface area contributed by atoms with Gasteiger partial charge in [-0.3, -0.25) is 9.97 Å². The van der Waals surface area contributed by atoms with Crippen LogP contribution in [-0.4, -0.2) is 31.1 Å². The number of fused-ring (bicyclic) bond motifs is 1. The molecule has 4 aromatic rings. The van der Waals surface area contributed by atoms with Gasteiger partial charge in [0.1, 0.15) is 0 Å². The molecule has 200 valence electrons. The van der Waals surface area contributed by atoms with E-state index < -0.39 is 20.0 Å². The molecule has 0 amide bonds. The minimum absolute atomic E-state index is 0.148. The fourth-order valence-electron chi connectivity index (χ4n) is 3.41. The summed E-state index contributed by atoms with van der Waals surface area (Å²) in [5.74, 6) is 0.915. The molecule has 5 rings (SSSR count). The Balaban J connectivity index is 0.000000171. The number of benzene rings is 2. The van der Waals surface area contributed by atoms with Crippen LogP contribution in [0.3, 0.4) is 0 Å². The van der Waals surface area contributed by atoms with Gasteiger partial charge < -0.3 is 0 Å². The van der Waals surface area contributed by atoms with Gasteiger partial charge in [-0.25, -0.2) is 22.0 Å². The molecule has 0 unspecified atom stereocenters. The predicted octanol–water partition coefficient (Wildman–Crippen LogP) is 4.68. The monoisotopic (exact) mass is 592 g/mol. The third-order valence-electron chi connectivity index (χ3n) is 5.37. The van der Waals surface area contributed by atoms with Crippen molar-refractivity contribution < 1.29 is 16.8 Å². The van der Waals surface area contributed by atoms with E-state index in [1.165, 1.54) is 16.4 Å². The average molecular weight is 594 g/mol. The van der Waals surface area contributed by atoms with Gasteiger partial charge in [-0.2, -0.15) is 4.31 Å². The van der Waals surface area contributed by atoms with Crippen LogP contribution in [0.1, 0.15) is 22.5 Å². The van der Waals surface area contributed by atoms with E-state index in [-0.39, 0.29) is 4.90 Å². The lowest BCUT2D eigenvalue weighted by Gasteiger charge is -2.15. The molecule has 38 heavy (non-hydrogen) atoms. The third-order valence-corrected chi connectivity index (χ3v) is 8.64. The van der Waals surface area contributed by atoms with E-state index in [9.17, 15) is 16.8 Å². The number of primary sulfonamides is 1. The van der Waals surface area contributed by atoms with Gasteiger partial charge >= 0.3 is 0 Å². The van der Waals surface area contributed by atoms with Crippen molar-refractivity contribution in [2.75, 3.05) is 0 Å². The van der Waals surface area contributed by atoms with Gasteiger partial charge in [0.15, 0.2) is 0 Å². The van der Waals surface area contributed by atoms with Crippen molar-refractivity contribution in [3.05, 3.63) is 120 Å². The first kappa shape index (κ1) is 29.7. The molecule has 3 heterocycles. The van der Waals surface area contributed by atoms with Crippen LogP contribution in [-0.2, 0) is 44.9 Å². The summed E-state index contributed by atoms with van der Waals surface area (Å²) in [6.45, 7) is 0.758. The second kappa shape index (κ2) is 13.8. The first-order valence-electron chi connectivity index (χ1n) is 11.3. The second-order valence-corrected chi connectivity index (χ2v) is 12.0. The molecule has 0 saturated heterocycles. The summed E-state index contributed by atoms with van der Waals surface area (Å²) in [7, 11) is -6.92. The molecule has 8 nitrogen and oxygen atoms in total. The van der Waals surface area contributed by atoms with Crippen LogP contribution in [0.15, 0.2) is 107 Å². The molecule has 0 saturated carbocycles. The number of nitrogens with zero attached hydrogens (tertiary/aromatic N) is 3. The van der Waals surface area contributed by atoms with Crippen molar-refractivity contribution >= 4 is 43.2 Å². The van der Waals surface area contributed by atoms with E-state index in [4.69, 9.17) is 28.3 Å². The summed E-state index contributed by atoms with van der Waals surface area (Å²) in [6, 6.07) is 23.9. The van der Waals surface area contributed by atoms with Crippen molar-refractivity contribution in [2.45, 2.75) is 34.6 Å². The molecular weight excluding hydrogens is 567 g/mol.